The standard InChI is InChI=1S/C21H33NO15S/c1-12(23)33-11-16-17(34-13(2)24)18(35-14(3)25)19(36-15(4)26)20(37-16)31-8-6-9-32-21(27)22-7-5-10-38(28,29)30/h16-20H,5-11H2,1-4H3,(H,22,27)(H,28,29,30)/t16-,17-,18+,19-,20-/m1/s1. The highest BCUT2D eigenvalue weighted by molar-refractivity contribution is 7.85. The van der Waals surface area contributed by atoms with Gasteiger partial charge >= 0.3 is 30.0 Å². The summed E-state index contributed by atoms with van der Waals surface area (Å²) in [6.45, 7) is 3.75. The van der Waals surface area contributed by atoms with Crippen molar-refractivity contribution in [1.82, 2.24) is 5.32 Å². The topological polar surface area (TPSA) is 216 Å². The lowest BCUT2D eigenvalue weighted by Gasteiger charge is -2.44. The second-order valence-electron chi connectivity index (χ2n) is 7.99. The average Bonchev–Trinajstić information content (AvgIpc) is 2.77. The lowest BCUT2D eigenvalue weighted by atomic mass is 9.98. The Bertz CT molecular complexity index is 937. The van der Waals surface area contributed by atoms with Crippen LogP contribution in [0.25, 0.3) is 0 Å². The summed E-state index contributed by atoms with van der Waals surface area (Å²) in [4.78, 5) is 58.3. The quantitative estimate of drug-likeness (QED) is 0.116. The molecule has 38 heavy (non-hydrogen) atoms. The predicted octanol–water partition coefficient (Wildman–Crippen LogP) is -0.520. The van der Waals surface area contributed by atoms with Gasteiger partial charge in [0.05, 0.1) is 19.0 Å². The van der Waals surface area contributed by atoms with Gasteiger partial charge in [0.25, 0.3) is 10.1 Å². The molecule has 0 aliphatic carbocycles. The minimum Gasteiger partial charge on any atom is -0.463 e. The number of nitrogens with one attached hydrogen (secondary N) is 1. The number of esters is 4. The number of hydrogen-bond acceptors (Lipinski definition) is 14. The van der Waals surface area contributed by atoms with Gasteiger partial charge in [-0.3, -0.25) is 23.7 Å². The van der Waals surface area contributed by atoms with E-state index in [0.29, 0.717) is 0 Å². The van der Waals surface area contributed by atoms with Crippen LogP contribution in [0.2, 0.25) is 0 Å². The number of ether oxygens (including phenoxy) is 7. The van der Waals surface area contributed by atoms with Crippen LogP contribution in [-0.2, 0) is 62.5 Å². The maximum atomic E-state index is 11.8. The first kappa shape index (κ1) is 33.0. The van der Waals surface area contributed by atoms with Crippen molar-refractivity contribution in [1.29, 1.82) is 0 Å². The van der Waals surface area contributed by atoms with Crippen molar-refractivity contribution < 1.29 is 70.1 Å². The van der Waals surface area contributed by atoms with E-state index in [1.165, 1.54) is 0 Å². The molecule has 17 heteroatoms. The van der Waals surface area contributed by atoms with Crippen molar-refractivity contribution in [2.45, 2.75) is 71.2 Å². The lowest BCUT2D eigenvalue weighted by Crippen LogP contribution is -2.63. The molecule has 0 unspecified atom stereocenters. The van der Waals surface area contributed by atoms with Gasteiger partial charge in [-0.2, -0.15) is 8.42 Å². The van der Waals surface area contributed by atoms with Crippen LogP contribution in [-0.4, -0.2) is 106 Å². The molecule has 0 saturated carbocycles. The van der Waals surface area contributed by atoms with Gasteiger partial charge in [0, 0.05) is 40.7 Å². The fourth-order valence-electron chi connectivity index (χ4n) is 3.24. The van der Waals surface area contributed by atoms with Gasteiger partial charge in [-0.05, 0) is 6.42 Å². The highest BCUT2D eigenvalue weighted by Crippen LogP contribution is 2.30. The first-order valence-electron chi connectivity index (χ1n) is 11.5. The summed E-state index contributed by atoms with van der Waals surface area (Å²) in [5.41, 5.74) is 0. The Morgan fingerprint density at radius 3 is 1.92 bits per heavy atom. The summed E-state index contributed by atoms with van der Waals surface area (Å²) < 4.78 is 67.0. The van der Waals surface area contributed by atoms with E-state index in [0.717, 1.165) is 27.7 Å². The lowest BCUT2D eigenvalue weighted by molar-refractivity contribution is -0.308. The van der Waals surface area contributed by atoms with Crippen LogP contribution < -0.4 is 5.32 Å². The highest BCUT2D eigenvalue weighted by Gasteiger charge is 2.52. The largest absolute Gasteiger partial charge is 0.463 e. The summed E-state index contributed by atoms with van der Waals surface area (Å²) in [5, 5.41) is 2.31. The molecule has 1 heterocycles. The second kappa shape index (κ2) is 16.1. The second-order valence-corrected chi connectivity index (χ2v) is 9.57. The molecule has 0 bridgehead atoms. The molecule has 0 aromatic heterocycles. The molecular formula is C21H33NO15S. The molecule has 16 nitrogen and oxygen atoms in total. The molecule has 218 valence electrons. The maximum absolute atomic E-state index is 11.8. The molecule has 1 aliphatic rings. The van der Waals surface area contributed by atoms with E-state index in [1.807, 2.05) is 0 Å². The Balaban J connectivity index is 2.82. The van der Waals surface area contributed by atoms with Crippen molar-refractivity contribution in [3.05, 3.63) is 0 Å². The molecular weight excluding hydrogens is 538 g/mol. The Labute approximate surface area is 219 Å². The van der Waals surface area contributed by atoms with Crippen LogP contribution in [0.4, 0.5) is 4.79 Å². The molecule has 5 atom stereocenters. The molecule has 0 spiro atoms. The summed E-state index contributed by atoms with van der Waals surface area (Å²) in [6, 6.07) is 0. The van der Waals surface area contributed by atoms with Crippen molar-refractivity contribution in [2.24, 2.45) is 0 Å². The third kappa shape index (κ3) is 13.5. The summed E-state index contributed by atoms with van der Waals surface area (Å²) >= 11 is 0. The molecule has 0 aromatic rings. The van der Waals surface area contributed by atoms with E-state index < -0.39 is 83.2 Å². The minimum atomic E-state index is -4.13. The number of carbonyl (C=O) groups excluding carboxylic acids is 5. The van der Waals surface area contributed by atoms with E-state index in [9.17, 15) is 32.4 Å². The van der Waals surface area contributed by atoms with Gasteiger partial charge in [0.2, 0.25) is 0 Å². The molecule has 1 amide bonds. The first-order valence-corrected chi connectivity index (χ1v) is 13.1. The Morgan fingerprint density at radius 2 is 1.37 bits per heavy atom. The molecule has 2 N–H and O–H groups in total. The van der Waals surface area contributed by atoms with E-state index in [-0.39, 0.29) is 32.6 Å². The molecule has 1 aliphatic heterocycles. The van der Waals surface area contributed by atoms with Gasteiger partial charge in [-0.15, -0.1) is 0 Å². The number of hydrogen-bond donors (Lipinski definition) is 2. The van der Waals surface area contributed by atoms with Crippen LogP contribution in [0, 0.1) is 0 Å². The highest BCUT2D eigenvalue weighted by atomic mass is 32.2. The number of rotatable bonds is 14. The van der Waals surface area contributed by atoms with E-state index in [2.05, 4.69) is 5.32 Å². The summed E-state index contributed by atoms with van der Waals surface area (Å²) in [7, 11) is -4.13. The zero-order valence-corrected chi connectivity index (χ0v) is 22.2. The van der Waals surface area contributed by atoms with Gasteiger partial charge in [-0.1, -0.05) is 0 Å². The third-order valence-electron chi connectivity index (χ3n) is 4.60. The SMILES string of the molecule is CC(=O)OC[C@H]1O[C@@H](OCCCOC(=O)NCCCS(=O)(=O)O)[C@H](OC(C)=O)[C@@H](OC(C)=O)[C@@H]1OC(C)=O. The van der Waals surface area contributed by atoms with Crippen LogP contribution in [0.3, 0.4) is 0 Å². The van der Waals surface area contributed by atoms with E-state index >= 15 is 0 Å². The fourth-order valence-corrected chi connectivity index (χ4v) is 3.75. The van der Waals surface area contributed by atoms with Crippen molar-refractivity contribution in [2.75, 3.05) is 32.1 Å². The molecule has 0 aromatic carbocycles. The third-order valence-corrected chi connectivity index (χ3v) is 5.41. The fraction of sp³-hybridized carbons (Fsp3) is 0.762. The Kier molecular flexibility index (Phi) is 13.9. The summed E-state index contributed by atoms with van der Waals surface area (Å²) in [5.74, 6) is -3.51. The van der Waals surface area contributed by atoms with Gasteiger partial charge in [0.15, 0.2) is 24.6 Å². The molecule has 1 fully saturated rings. The number of alkyl carbamates (subject to hydrolysis) is 1. The van der Waals surface area contributed by atoms with Crippen molar-refractivity contribution in [3.8, 4) is 0 Å². The average molecular weight is 572 g/mol. The Hall–Kier alpha value is -3.02. The van der Waals surface area contributed by atoms with Gasteiger partial charge in [0.1, 0.15) is 12.7 Å². The monoisotopic (exact) mass is 571 g/mol. The van der Waals surface area contributed by atoms with Crippen molar-refractivity contribution >= 4 is 40.1 Å². The van der Waals surface area contributed by atoms with E-state index in [1.54, 1.807) is 0 Å². The van der Waals surface area contributed by atoms with Crippen LogP contribution >= 0.6 is 0 Å². The first-order chi connectivity index (χ1) is 17.7. The number of carbonyl (C=O) groups is 5. The van der Waals surface area contributed by atoms with Crippen LogP contribution in [0.15, 0.2) is 0 Å². The van der Waals surface area contributed by atoms with E-state index in [4.69, 9.17) is 37.7 Å². The Morgan fingerprint density at radius 1 is 0.789 bits per heavy atom. The van der Waals surface area contributed by atoms with Crippen molar-refractivity contribution in [3.63, 3.8) is 0 Å². The molecule has 1 rings (SSSR count). The van der Waals surface area contributed by atoms with Crippen LogP contribution in [0.1, 0.15) is 40.5 Å². The smallest absolute Gasteiger partial charge is 0.407 e. The normalized spacial score (nSPS) is 23.0. The molecule has 1 saturated heterocycles. The summed E-state index contributed by atoms with van der Waals surface area (Å²) in [6.07, 6.45) is -7.28. The predicted molar refractivity (Wildman–Crippen MR) is 123 cm³/mol. The van der Waals surface area contributed by atoms with Gasteiger partial charge < -0.3 is 38.5 Å². The van der Waals surface area contributed by atoms with Crippen LogP contribution in [0.5, 0.6) is 0 Å². The minimum absolute atomic E-state index is 0.0139. The zero-order chi connectivity index (χ0) is 28.9. The van der Waals surface area contributed by atoms with Gasteiger partial charge in [-0.25, -0.2) is 4.79 Å². The number of amides is 1. The zero-order valence-electron chi connectivity index (χ0n) is 21.4. The molecule has 0 radical (unpaired) electrons. The maximum Gasteiger partial charge on any atom is 0.407 e.